The number of hydrogen-bond donors (Lipinski definition) is 1. The van der Waals surface area contributed by atoms with Gasteiger partial charge in [-0.15, -0.1) is 0 Å². The number of likely N-dealkylation sites (N-methyl/N-ethyl adjacent to an activating group) is 1. The molecule has 1 unspecified atom stereocenters. The molecule has 9 heteroatoms. The van der Waals surface area contributed by atoms with E-state index in [9.17, 15) is 13.2 Å². The van der Waals surface area contributed by atoms with Gasteiger partial charge in [-0.2, -0.15) is 9.57 Å². The zero-order chi connectivity index (χ0) is 22.4. The maximum atomic E-state index is 12.8. The highest BCUT2D eigenvalue weighted by Crippen LogP contribution is 2.21. The fourth-order valence-electron chi connectivity index (χ4n) is 3.23. The zero-order valence-corrected chi connectivity index (χ0v) is 18.4. The molecule has 0 aromatic heterocycles. The average Bonchev–Trinajstić information content (AvgIpc) is 2.79. The van der Waals surface area contributed by atoms with E-state index in [0.29, 0.717) is 44.1 Å². The Hall–Kier alpha value is -2.77. The Bertz CT molecular complexity index is 1060. The quantitative estimate of drug-likeness (QED) is 0.704. The van der Waals surface area contributed by atoms with Gasteiger partial charge in [-0.3, -0.25) is 9.69 Å². The van der Waals surface area contributed by atoms with Gasteiger partial charge < -0.3 is 10.1 Å². The summed E-state index contributed by atoms with van der Waals surface area (Å²) in [5.41, 5.74) is 2.00. The van der Waals surface area contributed by atoms with Crippen molar-refractivity contribution < 1.29 is 17.9 Å². The number of nitriles is 1. The molecule has 0 saturated carbocycles. The maximum absolute atomic E-state index is 12.8. The minimum absolute atomic E-state index is 0.144. The van der Waals surface area contributed by atoms with E-state index in [1.165, 1.54) is 16.4 Å². The summed E-state index contributed by atoms with van der Waals surface area (Å²) in [7, 11) is -1.80. The summed E-state index contributed by atoms with van der Waals surface area (Å²) in [4.78, 5) is 14.8. The highest BCUT2D eigenvalue weighted by Gasteiger charge is 2.27. The van der Waals surface area contributed by atoms with Crippen LogP contribution in [0, 0.1) is 11.3 Å². The SMILES string of the molecule is CC(C(=O)Nc1cccc(S(=O)(=O)N2CCOCC2)c1)N(C)Cc1ccc(C#N)cc1. The molecule has 2 aromatic carbocycles. The molecule has 1 heterocycles. The van der Waals surface area contributed by atoms with E-state index in [0.717, 1.165) is 5.56 Å². The van der Waals surface area contributed by atoms with Gasteiger partial charge >= 0.3 is 0 Å². The van der Waals surface area contributed by atoms with Crippen molar-refractivity contribution in [3.8, 4) is 6.07 Å². The van der Waals surface area contributed by atoms with E-state index in [4.69, 9.17) is 10.00 Å². The molecular formula is C22H26N4O4S. The van der Waals surface area contributed by atoms with E-state index < -0.39 is 16.1 Å². The lowest BCUT2D eigenvalue weighted by Gasteiger charge is -2.26. The van der Waals surface area contributed by atoms with Gasteiger partial charge in [-0.05, 0) is 49.9 Å². The molecular weight excluding hydrogens is 416 g/mol. The summed E-state index contributed by atoms with van der Waals surface area (Å²) in [5, 5.41) is 11.7. The number of morpholine rings is 1. The third kappa shape index (κ3) is 5.68. The molecule has 0 radical (unpaired) electrons. The van der Waals surface area contributed by atoms with Crippen LogP contribution < -0.4 is 5.32 Å². The molecule has 1 atom stereocenters. The molecule has 3 rings (SSSR count). The van der Waals surface area contributed by atoms with E-state index in [-0.39, 0.29) is 10.8 Å². The zero-order valence-electron chi connectivity index (χ0n) is 17.6. The van der Waals surface area contributed by atoms with Crippen LogP contribution in [0.5, 0.6) is 0 Å². The first-order valence-electron chi connectivity index (χ1n) is 9.99. The summed E-state index contributed by atoms with van der Waals surface area (Å²) < 4.78 is 32.3. The van der Waals surface area contributed by atoms with Crippen LogP contribution in [0.4, 0.5) is 5.69 Å². The van der Waals surface area contributed by atoms with E-state index in [1.807, 2.05) is 24.1 Å². The minimum atomic E-state index is -3.63. The van der Waals surface area contributed by atoms with Crippen molar-refractivity contribution in [3.63, 3.8) is 0 Å². The second-order valence-electron chi connectivity index (χ2n) is 7.43. The van der Waals surface area contributed by atoms with E-state index in [1.54, 1.807) is 31.2 Å². The van der Waals surface area contributed by atoms with Gasteiger partial charge in [-0.25, -0.2) is 8.42 Å². The normalized spacial score (nSPS) is 15.9. The van der Waals surface area contributed by atoms with Crippen molar-refractivity contribution in [1.29, 1.82) is 5.26 Å². The first-order chi connectivity index (χ1) is 14.8. The summed E-state index contributed by atoms with van der Waals surface area (Å²) in [6.45, 7) is 3.70. The number of benzene rings is 2. The molecule has 0 bridgehead atoms. The molecule has 1 aliphatic rings. The topological polar surface area (TPSA) is 103 Å². The second-order valence-corrected chi connectivity index (χ2v) is 9.37. The summed E-state index contributed by atoms with van der Waals surface area (Å²) in [5.74, 6) is -0.239. The van der Waals surface area contributed by atoms with E-state index in [2.05, 4.69) is 11.4 Å². The lowest BCUT2D eigenvalue weighted by atomic mass is 10.1. The molecule has 164 valence electrons. The molecule has 0 spiro atoms. The van der Waals surface area contributed by atoms with Gasteiger partial charge in [0.05, 0.1) is 35.8 Å². The first-order valence-corrected chi connectivity index (χ1v) is 11.4. The Morgan fingerprint density at radius 1 is 1.23 bits per heavy atom. The van der Waals surface area contributed by atoms with Crippen molar-refractivity contribution in [2.45, 2.75) is 24.4 Å². The molecule has 1 amide bonds. The lowest BCUT2D eigenvalue weighted by molar-refractivity contribution is -0.120. The number of rotatable bonds is 7. The lowest BCUT2D eigenvalue weighted by Crippen LogP contribution is -2.40. The Morgan fingerprint density at radius 2 is 1.90 bits per heavy atom. The molecule has 0 aliphatic carbocycles. The standard InChI is InChI=1S/C22H26N4O4S/c1-17(25(2)16-19-8-6-18(15-23)7-9-19)22(27)24-20-4-3-5-21(14-20)31(28,29)26-10-12-30-13-11-26/h3-9,14,17H,10-13,16H2,1-2H3,(H,24,27). The van der Waals surface area contributed by atoms with Crippen molar-refractivity contribution >= 4 is 21.6 Å². The van der Waals surface area contributed by atoms with Crippen molar-refractivity contribution in [3.05, 3.63) is 59.7 Å². The Labute approximate surface area is 183 Å². The predicted molar refractivity (Wildman–Crippen MR) is 117 cm³/mol. The van der Waals surface area contributed by atoms with Crippen LogP contribution in [-0.4, -0.2) is 62.9 Å². The third-order valence-electron chi connectivity index (χ3n) is 5.27. The van der Waals surface area contributed by atoms with Gasteiger partial charge in [0.1, 0.15) is 0 Å². The highest BCUT2D eigenvalue weighted by atomic mass is 32.2. The number of ether oxygens (including phenoxy) is 1. The number of nitrogens with zero attached hydrogens (tertiary/aromatic N) is 3. The second kappa shape index (κ2) is 10.0. The predicted octanol–water partition coefficient (Wildman–Crippen LogP) is 2.04. The van der Waals surface area contributed by atoms with Crippen LogP contribution in [0.2, 0.25) is 0 Å². The van der Waals surface area contributed by atoms with Gasteiger partial charge in [-0.1, -0.05) is 18.2 Å². The third-order valence-corrected chi connectivity index (χ3v) is 7.16. The van der Waals surface area contributed by atoms with Crippen molar-refractivity contribution in [2.24, 2.45) is 0 Å². The number of amides is 1. The van der Waals surface area contributed by atoms with Gasteiger partial charge in [0, 0.05) is 25.3 Å². The van der Waals surface area contributed by atoms with Gasteiger partial charge in [0.2, 0.25) is 15.9 Å². The molecule has 1 N–H and O–H groups in total. The number of carbonyl (C=O) groups excluding carboxylic acids is 1. The van der Waals surface area contributed by atoms with Crippen LogP contribution in [0.25, 0.3) is 0 Å². The highest BCUT2D eigenvalue weighted by molar-refractivity contribution is 7.89. The summed E-state index contributed by atoms with van der Waals surface area (Å²) in [6, 6.07) is 15.1. The molecule has 31 heavy (non-hydrogen) atoms. The number of nitrogens with one attached hydrogen (secondary N) is 1. The van der Waals surface area contributed by atoms with Crippen LogP contribution in [-0.2, 0) is 26.1 Å². The van der Waals surface area contributed by atoms with Crippen LogP contribution >= 0.6 is 0 Å². The fraction of sp³-hybridized carbons (Fsp3) is 0.364. The van der Waals surface area contributed by atoms with E-state index >= 15 is 0 Å². The molecule has 1 saturated heterocycles. The molecule has 8 nitrogen and oxygen atoms in total. The fourth-order valence-corrected chi connectivity index (χ4v) is 4.68. The summed E-state index contributed by atoms with van der Waals surface area (Å²) >= 11 is 0. The van der Waals surface area contributed by atoms with Gasteiger partial charge in [0.25, 0.3) is 0 Å². The van der Waals surface area contributed by atoms with Crippen molar-refractivity contribution in [1.82, 2.24) is 9.21 Å². The van der Waals surface area contributed by atoms with Crippen LogP contribution in [0.3, 0.4) is 0 Å². The Balaban J connectivity index is 1.65. The summed E-state index contributed by atoms with van der Waals surface area (Å²) in [6.07, 6.45) is 0. The van der Waals surface area contributed by atoms with Crippen LogP contribution in [0.15, 0.2) is 53.4 Å². The number of carbonyl (C=O) groups is 1. The smallest absolute Gasteiger partial charge is 0.243 e. The van der Waals surface area contributed by atoms with Crippen molar-refractivity contribution in [2.75, 3.05) is 38.7 Å². The average molecular weight is 443 g/mol. The number of hydrogen-bond acceptors (Lipinski definition) is 6. The first kappa shape index (κ1) is 22.9. The number of sulfonamides is 1. The van der Waals surface area contributed by atoms with Gasteiger partial charge in [0.15, 0.2) is 0 Å². The molecule has 1 aliphatic heterocycles. The monoisotopic (exact) mass is 442 g/mol. The molecule has 1 fully saturated rings. The number of anilines is 1. The largest absolute Gasteiger partial charge is 0.379 e. The minimum Gasteiger partial charge on any atom is -0.379 e. The maximum Gasteiger partial charge on any atom is 0.243 e. The van der Waals surface area contributed by atoms with Crippen LogP contribution in [0.1, 0.15) is 18.1 Å². The molecule has 2 aromatic rings. The Kier molecular flexibility index (Phi) is 7.41. The Morgan fingerprint density at radius 3 is 2.55 bits per heavy atom.